The molecule has 0 aromatic heterocycles. The van der Waals surface area contributed by atoms with Gasteiger partial charge < -0.3 is 15.2 Å². The van der Waals surface area contributed by atoms with Gasteiger partial charge in [-0.3, -0.25) is 9.69 Å². The molecule has 5 heteroatoms. The highest BCUT2D eigenvalue weighted by atomic mass is 16.5. The molecule has 1 rings (SSSR count). The Balaban J connectivity index is 2.31. The normalized spacial score (nSPS) is 21.1. The van der Waals surface area contributed by atoms with Gasteiger partial charge in [0, 0.05) is 26.7 Å². The van der Waals surface area contributed by atoms with Crippen molar-refractivity contribution in [2.45, 2.75) is 32.4 Å². The lowest BCUT2D eigenvalue weighted by molar-refractivity contribution is -0.153. The molecule has 1 aliphatic rings. The minimum Gasteiger partial charge on any atom is -0.387 e. The molecule has 1 saturated heterocycles. The van der Waals surface area contributed by atoms with E-state index >= 15 is 0 Å². The summed E-state index contributed by atoms with van der Waals surface area (Å²) in [5.74, 6) is 0.218. The van der Waals surface area contributed by atoms with E-state index in [0.717, 1.165) is 0 Å². The van der Waals surface area contributed by atoms with Crippen LogP contribution in [0.2, 0.25) is 0 Å². The Morgan fingerprint density at radius 3 is 2.53 bits per heavy atom. The molecule has 1 fully saturated rings. The van der Waals surface area contributed by atoms with E-state index in [1.54, 1.807) is 7.11 Å². The Labute approximate surface area is 103 Å². The van der Waals surface area contributed by atoms with Crippen LogP contribution in [-0.2, 0) is 9.53 Å². The number of aliphatic hydroxyl groups is 1. The number of nitrogens with zero attached hydrogens (tertiary/aromatic N) is 1. The maximum absolute atomic E-state index is 11.7. The molecule has 1 aliphatic heterocycles. The largest absolute Gasteiger partial charge is 0.387 e. The van der Waals surface area contributed by atoms with Gasteiger partial charge in [-0.25, -0.2) is 0 Å². The summed E-state index contributed by atoms with van der Waals surface area (Å²) < 4.78 is 4.87. The Morgan fingerprint density at radius 1 is 1.47 bits per heavy atom. The Hall–Kier alpha value is -0.650. The summed E-state index contributed by atoms with van der Waals surface area (Å²) in [4.78, 5) is 13.7. The summed E-state index contributed by atoms with van der Waals surface area (Å²) in [6.07, 6.45) is 0. The molecule has 0 radical (unpaired) electrons. The van der Waals surface area contributed by atoms with Crippen molar-refractivity contribution in [3.63, 3.8) is 0 Å². The van der Waals surface area contributed by atoms with Gasteiger partial charge in [0.25, 0.3) is 0 Å². The molecule has 1 atom stereocenters. The zero-order valence-corrected chi connectivity index (χ0v) is 11.2. The maximum Gasteiger partial charge on any atom is 0.237 e. The summed E-state index contributed by atoms with van der Waals surface area (Å²) in [6, 6.07) is -0.189. The zero-order chi connectivity index (χ0) is 13.1. The summed E-state index contributed by atoms with van der Waals surface area (Å²) in [6.45, 7) is 8.06. The molecular formula is C12H24N2O3. The predicted molar refractivity (Wildman–Crippen MR) is 65.7 cm³/mol. The zero-order valence-electron chi connectivity index (χ0n) is 11.2. The number of β-amino-alcohol motifs (C(OH)–C–C–N with tert-alkyl or cyclic N) is 1. The molecular weight excluding hydrogens is 220 g/mol. The number of ether oxygens (including phenoxy) is 1. The second-order valence-electron chi connectivity index (χ2n) is 5.12. The van der Waals surface area contributed by atoms with Crippen molar-refractivity contribution >= 4 is 5.91 Å². The topological polar surface area (TPSA) is 61.8 Å². The summed E-state index contributed by atoms with van der Waals surface area (Å²) in [5.41, 5.74) is -0.624. The minimum atomic E-state index is -0.624. The molecule has 17 heavy (non-hydrogen) atoms. The van der Waals surface area contributed by atoms with E-state index in [1.165, 1.54) is 0 Å². The van der Waals surface area contributed by atoms with Crippen molar-refractivity contribution in [3.8, 4) is 0 Å². The van der Waals surface area contributed by atoms with E-state index in [4.69, 9.17) is 4.74 Å². The molecule has 1 amide bonds. The van der Waals surface area contributed by atoms with Gasteiger partial charge in [0.1, 0.15) is 0 Å². The van der Waals surface area contributed by atoms with Gasteiger partial charge in [-0.05, 0) is 12.8 Å². The van der Waals surface area contributed by atoms with Crippen molar-refractivity contribution in [1.82, 2.24) is 10.2 Å². The SMILES string of the molecule is COCCNC(=O)C(C)N1CC(O)(C(C)C)C1. The van der Waals surface area contributed by atoms with Gasteiger partial charge in [0.15, 0.2) is 0 Å². The number of likely N-dealkylation sites (tertiary alicyclic amines) is 1. The molecule has 2 N–H and O–H groups in total. The fraction of sp³-hybridized carbons (Fsp3) is 0.917. The van der Waals surface area contributed by atoms with Crippen LogP contribution < -0.4 is 5.32 Å². The van der Waals surface area contributed by atoms with Crippen molar-refractivity contribution in [3.05, 3.63) is 0 Å². The first-order chi connectivity index (χ1) is 7.90. The minimum absolute atomic E-state index is 0.00661. The average Bonchev–Trinajstić information content (AvgIpc) is 2.23. The highest BCUT2D eigenvalue weighted by Gasteiger charge is 2.46. The van der Waals surface area contributed by atoms with Crippen LogP contribution in [0.1, 0.15) is 20.8 Å². The van der Waals surface area contributed by atoms with Gasteiger partial charge >= 0.3 is 0 Å². The number of carbonyl (C=O) groups excluding carboxylic acids is 1. The van der Waals surface area contributed by atoms with Crippen LogP contribution in [0.4, 0.5) is 0 Å². The van der Waals surface area contributed by atoms with E-state index in [-0.39, 0.29) is 17.9 Å². The van der Waals surface area contributed by atoms with E-state index in [1.807, 2.05) is 25.7 Å². The second kappa shape index (κ2) is 5.80. The number of hydrogen-bond acceptors (Lipinski definition) is 4. The van der Waals surface area contributed by atoms with Crippen LogP contribution in [0.5, 0.6) is 0 Å². The van der Waals surface area contributed by atoms with E-state index < -0.39 is 5.60 Å². The van der Waals surface area contributed by atoms with Crippen LogP contribution in [-0.4, -0.2) is 60.9 Å². The number of rotatable bonds is 6. The maximum atomic E-state index is 11.7. The standard InChI is InChI=1S/C12H24N2O3/c1-9(2)12(16)7-14(8-12)10(3)11(15)13-5-6-17-4/h9-10,16H,5-8H2,1-4H3,(H,13,15). The Morgan fingerprint density at radius 2 is 2.06 bits per heavy atom. The molecule has 5 nitrogen and oxygen atoms in total. The molecule has 0 aliphatic carbocycles. The van der Waals surface area contributed by atoms with Crippen LogP contribution in [0, 0.1) is 5.92 Å². The van der Waals surface area contributed by atoms with Crippen LogP contribution >= 0.6 is 0 Å². The molecule has 0 spiro atoms. The number of carbonyl (C=O) groups is 1. The first-order valence-corrected chi connectivity index (χ1v) is 6.14. The van der Waals surface area contributed by atoms with Gasteiger partial charge in [0.2, 0.25) is 5.91 Å². The Bertz CT molecular complexity index is 262. The average molecular weight is 244 g/mol. The van der Waals surface area contributed by atoms with Gasteiger partial charge in [-0.15, -0.1) is 0 Å². The second-order valence-corrected chi connectivity index (χ2v) is 5.12. The number of nitrogens with one attached hydrogen (secondary N) is 1. The molecule has 0 bridgehead atoms. The van der Waals surface area contributed by atoms with Crippen molar-refractivity contribution in [2.75, 3.05) is 33.4 Å². The molecule has 0 aromatic carbocycles. The summed E-state index contributed by atoms with van der Waals surface area (Å²) in [5, 5.41) is 12.9. The third kappa shape index (κ3) is 3.40. The van der Waals surface area contributed by atoms with Gasteiger partial charge in [0.05, 0.1) is 18.2 Å². The monoisotopic (exact) mass is 244 g/mol. The molecule has 1 unspecified atom stereocenters. The van der Waals surface area contributed by atoms with E-state index in [0.29, 0.717) is 26.2 Å². The molecule has 1 heterocycles. The van der Waals surface area contributed by atoms with Crippen LogP contribution in [0.15, 0.2) is 0 Å². The van der Waals surface area contributed by atoms with E-state index in [2.05, 4.69) is 5.32 Å². The lowest BCUT2D eigenvalue weighted by Crippen LogP contribution is -2.68. The van der Waals surface area contributed by atoms with E-state index in [9.17, 15) is 9.90 Å². The first kappa shape index (κ1) is 14.4. The number of amides is 1. The fourth-order valence-corrected chi connectivity index (χ4v) is 1.89. The van der Waals surface area contributed by atoms with Crippen LogP contribution in [0.3, 0.4) is 0 Å². The number of methoxy groups -OCH3 is 1. The molecule has 0 saturated carbocycles. The quantitative estimate of drug-likeness (QED) is 0.637. The molecule has 0 aromatic rings. The highest BCUT2D eigenvalue weighted by Crippen LogP contribution is 2.29. The summed E-state index contributed by atoms with van der Waals surface area (Å²) >= 11 is 0. The first-order valence-electron chi connectivity index (χ1n) is 6.14. The summed E-state index contributed by atoms with van der Waals surface area (Å²) in [7, 11) is 1.60. The van der Waals surface area contributed by atoms with Crippen molar-refractivity contribution < 1.29 is 14.6 Å². The third-order valence-electron chi connectivity index (χ3n) is 3.56. The fourth-order valence-electron chi connectivity index (χ4n) is 1.89. The smallest absolute Gasteiger partial charge is 0.237 e. The van der Waals surface area contributed by atoms with Crippen molar-refractivity contribution in [2.24, 2.45) is 5.92 Å². The van der Waals surface area contributed by atoms with Gasteiger partial charge in [-0.2, -0.15) is 0 Å². The third-order valence-corrected chi connectivity index (χ3v) is 3.56. The highest BCUT2D eigenvalue weighted by molar-refractivity contribution is 5.81. The number of hydrogen-bond donors (Lipinski definition) is 2. The van der Waals surface area contributed by atoms with Gasteiger partial charge in [-0.1, -0.05) is 13.8 Å². The lowest BCUT2D eigenvalue weighted by atomic mass is 9.82. The predicted octanol–water partition coefficient (Wildman–Crippen LogP) is -0.160. The van der Waals surface area contributed by atoms with Crippen molar-refractivity contribution in [1.29, 1.82) is 0 Å². The Kier molecular flexibility index (Phi) is 4.91. The van der Waals surface area contributed by atoms with Crippen LogP contribution in [0.25, 0.3) is 0 Å². The lowest BCUT2D eigenvalue weighted by Gasteiger charge is -2.51. The molecule has 100 valence electrons.